The highest BCUT2D eigenvalue weighted by molar-refractivity contribution is 5.61. The van der Waals surface area contributed by atoms with E-state index in [9.17, 15) is 0 Å². The fourth-order valence-corrected chi connectivity index (χ4v) is 2.47. The zero-order chi connectivity index (χ0) is 11.5. The second-order valence-electron chi connectivity index (χ2n) is 4.43. The Bertz CT molecular complexity index is 365. The van der Waals surface area contributed by atoms with Crippen molar-refractivity contribution in [3.8, 4) is 5.75 Å². The lowest BCUT2D eigenvalue weighted by Gasteiger charge is -2.12. The Balaban J connectivity index is 2.23. The van der Waals surface area contributed by atoms with E-state index >= 15 is 0 Å². The van der Waals surface area contributed by atoms with Crippen LogP contribution in [0.1, 0.15) is 24.3 Å². The van der Waals surface area contributed by atoms with Crippen LogP contribution in [-0.4, -0.2) is 27.2 Å². The molecule has 0 saturated carbocycles. The lowest BCUT2D eigenvalue weighted by molar-refractivity contribution is 0.414. The van der Waals surface area contributed by atoms with Crippen molar-refractivity contribution in [3.05, 3.63) is 23.8 Å². The Morgan fingerprint density at radius 3 is 3.00 bits per heavy atom. The molecule has 16 heavy (non-hydrogen) atoms. The molecule has 3 nitrogen and oxygen atoms in total. The summed E-state index contributed by atoms with van der Waals surface area (Å²) in [4.78, 5) is 2.32. The van der Waals surface area contributed by atoms with E-state index in [4.69, 9.17) is 10.5 Å². The number of benzene rings is 1. The maximum absolute atomic E-state index is 5.58. The van der Waals surface area contributed by atoms with Crippen molar-refractivity contribution in [2.75, 3.05) is 32.1 Å². The fraction of sp³-hybridized carbons (Fsp3) is 0.538. The van der Waals surface area contributed by atoms with Crippen LogP contribution in [0.2, 0.25) is 0 Å². The van der Waals surface area contributed by atoms with E-state index in [1.165, 1.54) is 17.7 Å². The van der Waals surface area contributed by atoms with Crippen LogP contribution >= 0.6 is 0 Å². The van der Waals surface area contributed by atoms with Crippen molar-refractivity contribution >= 4 is 5.69 Å². The second-order valence-corrected chi connectivity index (χ2v) is 4.43. The molecule has 0 aromatic heterocycles. The third-order valence-corrected chi connectivity index (χ3v) is 3.34. The van der Waals surface area contributed by atoms with E-state index in [-0.39, 0.29) is 0 Å². The van der Waals surface area contributed by atoms with Gasteiger partial charge in [0.1, 0.15) is 5.75 Å². The highest BCUT2D eigenvalue weighted by atomic mass is 16.5. The smallest absolute Gasteiger partial charge is 0.119 e. The van der Waals surface area contributed by atoms with Crippen LogP contribution in [0.3, 0.4) is 0 Å². The summed E-state index contributed by atoms with van der Waals surface area (Å²) >= 11 is 0. The SMILES string of the molecule is COc1ccc2c(c1)C(CCCN)CN2C. The Hall–Kier alpha value is -1.22. The van der Waals surface area contributed by atoms with Gasteiger partial charge in [0.15, 0.2) is 0 Å². The van der Waals surface area contributed by atoms with Crippen LogP contribution in [0.15, 0.2) is 18.2 Å². The molecule has 1 atom stereocenters. The number of likely N-dealkylation sites (N-methyl/N-ethyl adjacent to an activating group) is 1. The van der Waals surface area contributed by atoms with Gasteiger partial charge in [-0.2, -0.15) is 0 Å². The Morgan fingerprint density at radius 2 is 2.31 bits per heavy atom. The molecule has 0 amide bonds. The molecule has 0 spiro atoms. The average molecular weight is 220 g/mol. The molecule has 1 aliphatic rings. The van der Waals surface area contributed by atoms with E-state index in [0.717, 1.165) is 25.3 Å². The molecule has 1 aromatic carbocycles. The zero-order valence-electron chi connectivity index (χ0n) is 10.1. The maximum Gasteiger partial charge on any atom is 0.119 e. The molecule has 0 fully saturated rings. The molecule has 1 aromatic rings. The fourth-order valence-electron chi connectivity index (χ4n) is 2.47. The third-order valence-electron chi connectivity index (χ3n) is 3.34. The van der Waals surface area contributed by atoms with Gasteiger partial charge < -0.3 is 15.4 Å². The van der Waals surface area contributed by atoms with Gasteiger partial charge in [-0.1, -0.05) is 0 Å². The van der Waals surface area contributed by atoms with Gasteiger partial charge in [0.2, 0.25) is 0 Å². The van der Waals surface area contributed by atoms with Crippen molar-refractivity contribution in [2.24, 2.45) is 5.73 Å². The number of anilines is 1. The zero-order valence-corrected chi connectivity index (χ0v) is 10.1. The molecule has 1 heterocycles. The summed E-state index contributed by atoms with van der Waals surface area (Å²) < 4.78 is 5.28. The number of nitrogens with zero attached hydrogens (tertiary/aromatic N) is 1. The van der Waals surface area contributed by atoms with E-state index in [2.05, 4.69) is 24.1 Å². The average Bonchev–Trinajstić information content (AvgIpc) is 2.63. The van der Waals surface area contributed by atoms with Crippen LogP contribution in [0, 0.1) is 0 Å². The first-order valence-electron chi connectivity index (χ1n) is 5.85. The molecule has 2 rings (SSSR count). The number of fused-ring (bicyclic) bond motifs is 1. The van der Waals surface area contributed by atoms with Crippen molar-refractivity contribution in [1.82, 2.24) is 0 Å². The number of methoxy groups -OCH3 is 1. The van der Waals surface area contributed by atoms with Crippen molar-refractivity contribution in [3.63, 3.8) is 0 Å². The Kier molecular flexibility index (Phi) is 3.34. The maximum atomic E-state index is 5.58. The highest BCUT2D eigenvalue weighted by Crippen LogP contribution is 2.39. The molecule has 0 bridgehead atoms. The van der Waals surface area contributed by atoms with Gasteiger partial charge in [0, 0.05) is 25.2 Å². The lowest BCUT2D eigenvalue weighted by Crippen LogP contribution is -2.15. The minimum Gasteiger partial charge on any atom is -0.497 e. The first-order valence-corrected chi connectivity index (χ1v) is 5.85. The number of nitrogens with two attached hydrogens (primary N) is 1. The van der Waals surface area contributed by atoms with Crippen LogP contribution in [-0.2, 0) is 0 Å². The minimum atomic E-state index is 0.610. The topological polar surface area (TPSA) is 38.5 Å². The van der Waals surface area contributed by atoms with Crippen molar-refractivity contribution in [1.29, 1.82) is 0 Å². The van der Waals surface area contributed by atoms with Crippen molar-refractivity contribution < 1.29 is 4.74 Å². The summed E-state index contributed by atoms with van der Waals surface area (Å²) in [7, 11) is 3.86. The summed E-state index contributed by atoms with van der Waals surface area (Å²) in [5, 5.41) is 0. The standard InChI is InChI=1S/C13H20N2O/c1-15-9-10(4-3-7-14)12-8-11(16-2)5-6-13(12)15/h5-6,8,10H,3-4,7,9,14H2,1-2H3. The predicted octanol–water partition coefficient (Wildman–Crippen LogP) is 1.97. The van der Waals surface area contributed by atoms with Crippen LogP contribution < -0.4 is 15.4 Å². The largest absolute Gasteiger partial charge is 0.497 e. The normalized spacial score (nSPS) is 18.7. The highest BCUT2D eigenvalue weighted by Gasteiger charge is 2.26. The quantitative estimate of drug-likeness (QED) is 0.843. The summed E-state index contributed by atoms with van der Waals surface area (Å²) in [6, 6.07) is 6.34. The molecule has 1 unspecified atom stereocenters. The van der Waals surface area contributed by atoms with E-state index in [1.54, 1.807) is 7.11 Å². The summed E-state index contributed by atoms with van der Waals surface area (Å²) in [6.07, 6.45) is 2.26. The van der Waals surface area contributed by atoms with Gasteiger partial charge in [-0.3, -0.25) is 0 Å². The predicted molar refractivity (Wildman–Crippen MR) is 67.3 cm³/mol. The molecule has 3 heteroatoms. The monoisotopic (exact) mass is 220 g/mol. The van der Waals surface area contributed by atoms with E-state index in [0.29, 0.717) is 5.92 Å². The van der Waals surface area contributed by atoms with E-state index < -0.39 is 0 Å². The molecule has 1 aliphatic heterocycles. The summed E-state index contributed by atoms with van der Waals surface area (Å²) in [5.41, 5.74) is 8.33. The molecule has 0 aliphatic carbocycles. The molecule has 88 valence electrons. The third kappa shape index (κ3) is 2.00. The number of hydrogen-bond donors (Lipinski definition) is 1. The van der Waals surface area contributed by atoms with Gasteiger partial charge in [-0.15, -0.1) is 0 Å². The summed E-state index contributed by atoms with van der Waals surface area (Å²) in [6.45, 7) is 1.88. The molecular weight excluding hydrogens is 200 g/mol. The Labute approximate surface area is 97.2 Å². The van der Waals surface area contributed by atoms with Gasteiger partial charge in [0.25, 0.3) is 0 Å². The first kappa shape index (κ1) is 11.3. The number of hydrogen-bond acceptors (Lipinski definition) is 3. The number of rotatable bonds is 4. The van der Waals surface area contributed by atoms with Crippen molar-refractivity contribution in [2.45, 2.75) is 18.8 Å². The molecule has 0 radical (unpaired) electrons. The van der Waals surface area contributed by atoms with Gasteiger partial charge in [-0.25, -0.2) is 0 Å². The first-order chi connectivity index (χ1) is 7.76. The van der Waals surface area contributed by atoms with Gasteiger partial charge >= 0.3 is 0 Å². The van der Waals surface area contributed by atoms with E-state index in [1.807, 2.05) is 6.07 Å². The summed E-state index contributed by atoms with van der Waals surface area (Å²) in [5.74, 6) is 1.56. The number of ether oxygens (including phenoxy) is 1. The molecule has 2 N–H and O–H groups in total. The van der Waals surface area contributed by atoms with Crippen LogP contribution in [0.5, 0.6) is 5.75 Å². The van der Waals surface area contributed by atoms with Gasteiger partial charge in [-0.05, 0) is 43.1 Å². The van der Waals surface area contributed by atoms with Crippen LogP contribution in [0.4, 0.5) is 5.69 Å². The van der Waals surface area contributed by atoms with Crippen LogP contribution in [0.25, 0.3) is 0 Å². The second kappa shape index (κ2) is 4.74. The molecule has 0 saturated heterocycles. The molecular formula is C13H20N2O. The Morgan fingerprint density at radius 1 is 1.50 bits per heavy atom. The van der Waals surface area contributed by atoms with Gasteiger partial charge in [0.05, 0.1) is 7.11 Å². The lowest BCUT2D eigenvalue weighted by atomic mass is 9.96. The minimum absolute atomic E-state index is 0.610.